The number of fused-ring (bicyclic) bond motifs is 1. The van der Waals surface area contributed by atoms with Gasteiger partial charge in [-0.15, -0.1) is 0 Å². The molecule has 0 radical (unpaired) electrons. The fourth-order valence-electron chi connectivity index (χ4n) is 2.11. The molecule has 124 valence electrons. The molecule has 1 aliphatic heterocycles. The molecule has 0 spiro atoms. The third-order valence-electron chi connectivity index (χ3n) is 3.12. The molecule has 0 saturated heterocycles. The average Bonchev–Trinajstić information content (AvgIpc) is 2.55. The Kier molecular flexibility index (Phi) is 4.88. The monoisotopic (exact) mass is 365 g/mol. The van der Waals surface area contributed by atoms with Crippen LogP contribution >= 0.6 is 23.2 Å². The quantitative estimate of drug-likeness (QED) is 0.434. The predicted octanol–water partition coefficient (Wildman–Crippen LogP) is 3.31. The van der Waals surface area contributed by atoms with Crippen LogP contribution in [-0.4, -0.2) is 34.2 Å². The molecule has 0 amide bonds. The first kappa shape index (κ1) is 17.6. The lowest BCUT2D eigenvalue weighted by atomic mass is 10.1. The molecule has 2 rings (SSSR count). The summed E-state index contributed by atoms with van der Waals surface area (Å²) in [5.41, 5.74) is 0.401. The van der Waals surface area contributed by atoms with Crippen molar-refractivity contribution in [1.29, 1.82) is 10.8 Å². The van der Waals surface area contributed by atoms with Gasteiger partial charge in [0.05, 0.1) is 18.7 Å². The number of halogens is 4. The maximum Gasteiger partial charge on any atom is 0.379 e. The second-order valence-electron chi connectivity index (χ2n) is 4.74. The molecule has 1 aromatic carbocycles. The van der Waals surface area contributed by atoms with Crippen molar-refractivity contribution in [2.75, 3.05) is 4.90 Å². The summed E-state index contributed by atoms with van der Waals surface area (Å²) in [4.78, 5) is 11.5. The zero-order chi connectivity index (χ0) is 17.4. The van der Waals surface area contributed by atoms with Crippen molar-refractivity contribution in [3.8, 4) is 0 Å². The molecule has 0 saturated carbocycles. The summed E-state index contributed by atoms with van der Waals surface area (Å²) in [5, 5.41) is 20.7. The molecule has 0 aromatic heterocycles. The van der Waals surface area contributed by atoms with Gasteiger partial charge in [0, 0.05) is 10.6 Å². The number of nitrogens with one attached hydrogen (secondary N) is 2. The van der Waals surface area contributed by atoms with Gasteiger partial charge in [-0.3, -0.25) is 20.5 Å². The molecule has 0 bridgehead atoms. The van der Waals surface area contributed by atoms with E-state index < -0.39 is 35.5 Å². The average molecular weight is 366 g/mol. The Morgan fingerprint density at radius 2 is 2.17 bits per heavy atom. The fraction of sp³-hybridized carbons (Fsp3) is 0.308. The van der Waals surface area contributed by atoms with E-state index in [0.717, 1.165) is 0 Å². The van der Waals surface area contributed by atoms with E-state index in [1.807, 2.05) is 0 Å². The molecule has 1 heterocycles. The number of alkyl halides is 3. The van der Waals surface area contributed by atoms with Crippen LogP contribution in [0.5, 0.6) is 0 Å². The van der Waals surface area contributed by atoms with Crippen LogP contribution in [0.2, 0.25) is 5.02 Å². The lowest BCUT2D eigenvalue weighted by Gasteiger charge is -2.29. The Morgan fingerprint density at radius 1 is 1.52 bits per heavy atom. The molecule has 0 unspecified atom stereocenters. The number of rotatable bonds is 3. The summed E-state index contributed by atoms with van der Waals surface area (Å²) in [7, 11) is 0. The molecule has 1 aromatic rings. The number of aliphatic carboxylic acids is 1. The normalized spacial score (nSPS) is 18.3. The second-order valence-corrected chi connectivity index (χ2v) is 5.65. The molecule has 1 aliphatic rings. The molecular weight excluding hydrogens is 355 g/mol. The highest BCUT2D eigenvalue weighted by molar-refractivity contribution is 6.38. The maximum atomic E-state index is 13.4. The number of ether oxygens (including phenoxy) is 1. The lowest BCUT2D eigenvalue weighted by molar-refractivity contribution is -0.139. The molecule has 1 atom stereocenters. The van der Waals surface area contributed by atoms with Crippen molar-refractivity contribution in [2.45, 2.75) is 24.5 Å². The minimum atomic E-state index is -4.04. The van der Waals surface area contributed by atoms with Gasteiger partial charge in [-0.25, -0.2) is 0 Å². The number of benzene rings is 1. The maximum absolute atomic E-state index is 13.4. The summed E-state index contributed by atoms with van der Waals surface area (Å²) in [6, 6.07) is 4.17. The molecule has 0 fully saturated rings. The molecule has 6 nitrogen and oxygen atoms in total. The van der Waals surface area contributed by atoms with Crippen LogP contribution in [0.3, 0.4) is 0 Å². The van der Waals surface area contributed by atoms with Gasteiger partial charge in [0.1, 0.15) is 11.9 Å². The molecule has 23 heavy (non-hydrogen) atoms. The Balaban J connectivity index is 2.53. The van der Waals surface area contributed by atoms with Crippen LogP contribution in [0.15, 0.2) is 18.2 Å². The zero-order valence-electron chi connectivity index (χ0n) is 11.4. The molecular formula is C13H11Cl2F2N3O3. The van der Waals surface area contributed by atoms with Gasteiger partial charge < -0.3 is 9.84 Å². The minimum Gasteiger partial charge on any atom is -0.481 e. The SMILES string of the molecule is N=C1[C@H](CC(=O)O)OCc2cc(Cl)ccc2N1C(=N)C(F)(F)Cl. The van der Waals surface area contributed by atoms with E-state index in [4.69, 9.17) is 43.9 Å². The highest BCUT2D eigenvalue weighted by atomic mass is 35.5. The minimum absolute atomic E-state index is 0.0672. The van der Waals surface area contributed by atoms with E-state index >= 15 is 0 Å². The molecule has 0 aliphatic carbocycles. The number of amidine groups is 2. The van der Waals surface area contributed by atoms with Gasteiger partial charge >= 0.3 is 11.4 Å². The number of carbonyl (C=O) groups is 1. The number of anilines is 1. The highest BCUT2D eigenvalue weighted by Crippen LogP contribution is 2.34. The standard InChI is InChI=1S/C13H11Cl2F2N3O3/c14-7-1-2-8-6(3-7)5-23-9(4-10(21)22)11(18)20(8)12(19)13(15,16)17/h1-3,9,18-19H,4-5H2,(H,21,22)/t9-/m0/s1. The van der Waals surface area contributed by atoms with E-state index in [-0.39, 0.29) is 12.3 Å². The van der Waals surface area contributed by atoms with Crippen LogP contribution in [-0.2, 0) is 16.1 Å². The van der Waals surface area contributed by atoms with Crippen molar-refractivity contribution in [3.63, 3.8) is 0 Å². The van der Waals surface area contributed by atoms with E-state index in [1.165, 1.54) is 18.2 Å². The Hall–Kier alpha value is -1.77. The second kappa shape index (κ2) is 6.38. The number of nitrogens with zero attached hydrogens (tertiary/aromatic N) is 1. The summed E-state index contributed by atoms with van der Waals surface area (Å²) in [5.74, 6) is -3.25. The van der Waals surface area contributed by atoms with E-state index in [0.29, 0.717) is 15.5 Å². The van der Waals surface area contributed by atoms with Crippen LogP contribution in [0.1, 0.15) is 12.0 Å². The van der Waals surface area contributed by atoms with E-state index in [1.54, 1.807) is 0 Å². The largest absolute Gasteiger partial charge is 0.481 e. The smallest absolute Gasteiger partial charge is 0.379 e. The zero-order valence-corrected chi connectivity index (χ0v) is 13.0. The number of hydrogen-bond donors (Lipinski definition) is 3. The molecule has 10 heteroatoms. The van der Waals surface area contributed by atoms with Crippen LogP contribution in [0.4, 0.5) is 14.5 Å². The third-order valence-corrected chi connectivity index (χ3v) is 3.53. The van der Waals surface area contributed by atoms with Crippen LogP contribution in [0, 0.1) is 10.8 Å². The third kappa shape index (κ3) is 3.77. The van der Waals surface area contributed by atoms with Gasteiger partial charge in [-0.05, 0) is 29.8 Å². The van der Waals surface area contributed by atoms with Gasteiger partial charge in [0.15, 0.2) is 5.84 Å². The predicted molar refractivity (Wildman–Crippen MR) is 81.0 cm³/mol. The topological polar surface area (TPSA) is 97.5 Å². The Bertz CT molecular complexity index is 679. The van der Waals surface area contributed by atoms with Gasteiger partial charge in [-0.2, -0.15) is 8.78 Å². The number of carboxylic acids is 1. The number of hydrogen-bond acceptors (Lipinski definition) is 4. The first-order chi connectivity index (χ1) is 10.6. The first-order valence-corrected chi connectivity index (χ1v) is 7.03. The van der Waals surface area contributed by atoms with Crippen molar-refractivity contribution >= 4 is 46.5 Å². The van der Waals surface area contributed by atoms with Crippen molar-refractivity contribution in [3.05, 3.63) is 28.8 Å². The summed E-state index contributed by atoms with van der Waals surface area (Å²) < 4.78 is 32.1. The van der Waals surface area contributed by atoms with Crippen molar-refractivity contribution in [1.82, 2.24) is 0 Å². The Labute approximate surface area is 139 Å². The van der Waals surface area contributed by atoms with Crippen molar-refractivity contribution < 1.29 is 23.4 Å². The van der Waals surface area contributed by atoms with Gasteiger partial charge in [0.25, 0.3) is 0 Å². The lowest BCUT2D eigenvalue weighted by Crippen LogP contribution is -2.48. The van der Waals surface area contributed by atoms with E-state index in [2.05, 4.69) is 0 Å². The first-order valence-electron chi connectivity index (χ1n) is 6.27. The van der Waals surface area contributed by atoms with Crippen LogP contribution in [0.25, 0.3) is 0 Å². The number of carboxylic acid groups (broad SMARTS) is 1. The Morgan fingerprint density at radius 3 is 2.74 bits per heavy atom. The molecule has 3 N–H and O–H groups in total. The van der Waals surface area contributed by atoms with Crippen LogP contribution < -0.4 is 4.90 Å². The summed E-state index contributed by atoms with van der Waals surface area (Å²) >= 11 is 10.8. The fourth-order valence-corrected chi connectivity index (χ4v) is 2.39. The van der Waals surface area contributed by atoms with E-state index in [9.17, 15) is 13.6 Å². The highest BCUT2D eigenvalue weighted by Gasteiger charge is 2.42. The van der Waals surface area contributed by atoms with Crippen molar-refractivity contribution in [2.24, 2.45) is 0 Å². The summed E-state index contributed by atoms with van der Waals surface area (Å²) in [6.45, 7) is -0.145. The summed E-state index contributed by atoms with van der Waals surface area (Å²) in [6.07, 6.45) is -1.92. The van der Waals surface area contributed by atoms with Gasteiger partial charge in [0.2, 0.25) is 0 Å². The van der Waals surface area contributed by atoms with Gasteiger partial charge in [-0.1, -0.05) is 11.6 Å².